The lowest BCUT2D eigenvalue weighted by atomic mass is 9.78. The molecular weight excluding hydrogens is 535 g/mol. The third-order valence-corrected chi connectivity index (χ3v) is 7.85. The van der Waals surface area contributed by atoms with Crippen LogP contribution < -0.4 is 5.32 Å². The van der Waals surface area contributed by atoms with E-state index in [9.17, 15) is 0 Å². The van der Waals surface area contributed by atoms with Crippen LogP contribution in [0.5, 0.6) is 0 Å². The average molecular weight is 568 g/mol. The number of hydrogen-bond acceptors (Lipinski definition) is 4. The second-order valence-electron chi connectivity index (χ2n) is 9.81. The molecule has 0 fully saturated rings. The predicted octanol–water partition coefficient (Wildman–Crippen LogP) is 8.58. The number of anilines is 2. The summed E-state index contributed by atoms with van der Waals surface area (Å²) in [4.78, 5) is 12.0. The van der Waals surface area contributed by atoms with Crippen molar-refractivity contribution < 1.29 is 0 Å². The van der Waals surface area contributed by atoms with Crippen LogP contribution in [0, 0.1) is 0 Å². The van der Waals surface area contributed by atoms with E-state index >= 15 is 0 Å². The summed E-state index contributed by atoms with van der Waals surface area (Å²) in [5.74, 6) is 0.781. The Labute approximate surface area is 241 Å². The minimum Gasteiger partial charge on any atom is -0.324 e. The number of nitrogens with zero attached hydrogens (tertiary/aromatic N) is 3. The summed E-state index contributed by atoms with van der Waals surface area (Å²) >= 11 is 12.5. The van der Waals surface area contributed by atoms with E-state index < -0.39 is 0 Å². The molecule has 0 aliphatic heterocycles. The standard InChI is InChI=1S/C31H32Cl2N4.ClH/c1-3-4-16-37(2)17-15-21-9-12-24(13-10-21)35-31-34-20-23-18-27(22-11-14-28(32)29(33)19-22)25-7-5-6-8-26(25)30(23)36-31;/h5-14,19-20,27H,3-4,15-18H2,1-2H3,(H,34,35,36);1H. The summed E-state index contributed by atoms with van der Waals surface area (Å²) in [7, 11) is 2.20. The molecule has 1 heterocycles. The highest BCUT2D eigenvalue weighted by molar-refractivity contribution is 6.42. The fourth-order valence-electron chi connectivity index (χ4n) is 4.97. The molecule has 3 aromatic carbocycles. The minimum absolute atomic E-state index is 0. The van der Waals surface area contributed by atoms with Crippen molar-refractivity contribution in [3.63, 3.8) is 0 Å². The van der Waals surface area contributed by atoms with Crippen LogP contribution in [0.4, 0.5) is 11.6 Å². The maximum Gasteiger partial charge on any atom is 0.227 e. The second-order valence-corrected chi connectivity index (χ2v) is 10.6. The molecule has 1 N–H and O–H groups in total. The SMILES string of the molecule is CCCCN(C)CCc1ccc(Nc2ncc3c(n2)-c2ccccc2C(c2ccc(Cl)c(Cl)c2)C3)cc1.Cl. The first-order chi connectivity index (χ1) is 18.0. The van der Waals surface area contributed by atoms with Gasteiger partial charge in [0.05, 0.1) is 15.7 Å². The van der Waals surface area contributed by atoms with Gasteiger partial charge in [-0.1, -0.05) is 79.0 Å². The molecule has 38 heavy (non-hydrogen) atoms. The summed E-state index contributed by atoms with van der Waals surface area (Å²) in [5.41, 5.74) is 7.95. The van der Waals surface area contributed by atoms with Crippen molar-refractivity contribution in [3.05, 3.63) is 105 Å². The molecule has 1 aliphatic rings. The van der Waals surface area contributed by atoms with Gasteiger partial charge in [0.1, 0.15) is 0 Å². The Hall–Kier alpha value is -2.63. The van der Waals surface area contributed by atoms with Gasteiger partial charge in [0, 0.05) is 29.9 Å². The van der Waals surface area contributed by atoms with Crippen molar-refractivity contribution in [2.24, 2.45) is 0 Å². The zero-order chi connectivity index (χ0) is 25.8. The first kappa shape index (κ1) is 28.4. The Kier molecular flexibility index (Phi) is 9.67. The highest BCUT2D eigenvalue weighted by Crippen LogP contribution is 2.43. The molecule has 0 saturated carbocycles. The van der Waals surface area contributed by atoms with Crippen LogP contribution >= 0.6 is 35.6 Å². The quantitative estimate of drug-likeness (QED) is 0.220. The van der Waals surface area contributed by atoms with E-state index in [0.717, 1.165) is 54.0 Å². The first-order valence-corrected chi connectivity index (χ1v) is 13.7. The normalized spacial score (nSPS) is 14.0. The summed E-state index contributed by atoms with van der Waals surface area (Å²) in [5, 5.41) is 4.54. The molecule has 198 valence electrons. The Balaban J connectivity index is 0.00000336. The number of unbranched alkanes of at least 4 members (excludes halogenated alkanes) is 1. The molecule has 4 nitrogen and oxygen atoms in total. The summed E-state index contributed by atoms with van der Waals surface area (Å²) in [6.45, 7) is 4.46. The third kappa shape index (κ3) is 6.50. The fraction of sp³-hybridized carbons (Fsp3) is 0.290. The number of benzene rings is 3. The Bertz CT molecular complexity index is 1370. The monoisotopic (exact) mass is 566 g/mol. The van der Waals surface area contributed by atoms with Crippen LogP contribution in [0.1, 0.15) is 47.9 Å². The van der Waals surface area contributed by atoms with E-state index in [1.165, 1.54) is 24.0 Å². The summed E-state index contributed by atoms with van der Waals surface area (Å²) in [6.07, 6.45) is 6.30. The molecule has 0 amide bonds. The largest absolute Gasteiger partial charge is 0.324 e. The average Bonchev–Trinajstić information content (AvgIpc) is 2.92. The highest BCUT2D eigenvalue weighted by Gasteiger charge is 2.27. The lowest BCUT2D eigenvalue weighted by Crippen LogP contribution is -2.22. The van der Waals surface area contributed by atoms with Crippen molar-refractivity contribution in [3.8, 4) is 11.3 Å². The number of nitrogens with one attached hydrogen (secondary N) is 1. The van der Waals surface area contributed by atoms with E-state index in [-0.39, 0.29) is 18.3 Å². The molecule has 1 unspecified atom stereocenters. The topological polar surface area (TPSA) is 41.0 Å². The Morgan fingerprint density at radius 3 is 2.53 bits per heavy atom. The number of rotatable bonds is 9. The van der Waals surface area contributed by atoms with Crippen LogP contribution in [-0.2, 0) is 12.8 Å². The van der Waals surface area contributed by atoms with Crippen LogP contribution in [-0.4, -0.2) is 35.0 Å². The maximum atomic E-state index is 6.35. The summed E-state index contributed by atoms with van der Waals surface area (Å²) in [6, 6.07) is 23.0. The number of aromatic nitrogens is 2. The van der Waals surface area contributed by atoms with E-state index in [2.05, 4.69) is 83.8 Å². The van der Waals surface area contributed by atoms with Gasteiger partial charge in [0.25, 0.3) is 0 Å². The molecule has 7 heteroatoms. The van der Waals surface area contributed by atoms with E-state index in [4.69, 9.17) is 28.2 Å². The van der Waals surface area contributed by atoms with Crippen molar-refractivity contribution in [2.75, 3.05) is 25.5 Å². The van der Waals surface area contributed by atoms with Gasteiger partial charge < -0.3 is 10.2 Å². The lowest BCUT2D eigenvalue weighted by Gasteiger charge is -2.27. The number of halogens is 3. The van der Waals surface area contributed by atoms with E-state index in [1.54, 1.807) is 0 Å². The van der Waals surface area contributed by atoms with Crippen molar-refractivity contribution in [1.82, 2.24) is 14.9 Å². The molecular formula is C31H33Cl3N4. The Morgan fingerprint density at radius 2 is 1.76 bits per heavy atom. The van der Waals surface area contributed by atoms with E-state index in [0.29, 0.717) is 16.0 Å². The molecule has 1 atom stereocenters. The van der Waals surface area contributed by atoms with E-state index in [1.807, 2.05) is 18.3 Å². The van der Waals surface area contributed by atoms with Crippen LogP contribution in [0.15, 0.2) is 72.9 Å². The number of likely N-dealkylation sites (N-methyl/N-ethyl adjacent to an activating group) is 1. The van der Waals surface area contributed by atoms with Gasteiger partial charge in [0.2, 0.25) is 5.95 Å². The van der Waals surface area contributed by atoms with Crippen LogP contribution in [0.3, 0.4) is 0 Å². The third-order valence-electron chi connectivity index (χ3n) is 7.11. The molecule has 0 radical (unpaired) electrons. The molecule has 5 rings (SSSR count). The minimum atomic E-state index is 0. The van der Waals surface area contributed by atoms with Crippen LogP contribution in [0.25, 0.3) is 11.3 Å². The zero-order valence-corrected chi connectivity index (χ0v) is 24.1. The zero-order valence-electron chi connectivity index (χ0n) is 21.8. The van der Waals surface area contributed by atoms with Gasteiger partial charge in [-0.25, -0.2) is 9.97 Å². The van der Waals surface area contributed by atoms with Crippen molar-refractivity contribution in [2.45, 2.75) is 38.5 Å². The van der Waals surface area contributed by atoms with Gasteiger partial charge >= 0.3 is 0 Å². The highest BCUT2D eigenvalue weighted by atomic mass is 35.5. The molecule has 1 aliphatic carbocycles. The molecule has 0 bridgehead atoms. The number of hydrogen-bond donors (Lipinski definition) is 1. The van der Waals surface area contributed by atoms with Crippen LogP contribution in [0.2, 0.25) is 10.0 Å². The number of fused-ring (bicyclic) bond motifs is 3. The predicted molar refractivity (Wildman–Crippen MR) is 163 cm³/mol. The summed E-state index contributed by atoms with van der Waals surface area (Å²) < 4.78 is 0. The van der Waals surface area contributed by atoms with Crippen molar-refractivity contribution >= 4 is 47.2 Å². The second kappa shape index (κ2) is 12.9. The molecule has 4 aromatic rings. The molecule has 0 spiro atoms. The van der Waals surface area contributed by atoms with Gasteiger partial charge in [-0.3, -0.25) is 0 Å². The maximum absolute atomic E-state index is 6.35. The van der Waals surface area contributed by atoms with Gasteiger partial charge in [-0.05, 0) is 79.4 Å². The smallest absolute Gasteiger partial charge is 0.227 e. The first-order valence-electron chi connectivity index (χ1n) is 13.0. The fourth-order valence-corrected chi connectivity index (χ4v) is 5.27. The van der Waals surface area contributed by atoms with Gasteiger partial charge in [0.15, 0.2) is 0 Å². The molecule has 1 aromatic heterocycles. The Morgan fingerprint density at radius 1 is 0.974 bits per heavy atom. The van der Waals surface area contributed by atoms with Gasteiger partial charge in [-0.15, -0.1) is 12.4 Å². The van der Waals surface area contributed by atoms with Crippen molar-refractivity contribution in [1.29, 1.82) is 0 Å². The lowest BCUT2D eigenvalue weighted by molar-refractivity contribution is 0.332. The molecule has 0 saturated heterocycles. The van der Waals surface area contributed by atoms with Gasteiger partial charge in [-0.2, -0.15) is 0 Å².